The Bertz CT molecular complexity index is 526. The van der Waals surface area contributed by atoms with E-state index < -0.39 is 11.7 Å². The van der Waals surface area contributed by atoms with Crippen molar-refractivity contribution in [1.29, 1.82) is 0 Å². The summed E-state index contributed by atoms with van der Waals surface area (Å²) in [6.07, 6.45) is -1.70. The van der Waals surface area contributed by atoms with Crippen molar-refractivity contribution in [2.45, 2.75) is 12.7 Å². The number of oxazole rings is 1. The van der Waals surface area contributed by atoms with Crippen molar-refractivity contribution in [3.63, 3.8) is 0 Å². The number of aromatic nitrogens is 1. The fourth-order valence-corrected chi connectivity index (χ4v) is 1.61. The van der Waals surface area contributed by atoms with Gasteiger partial charge < -0.3 is 9.73 Å². The lowest BCUT2D eigenvalue weighted by molar-refractivity contribution is -0.137. The Kier molecular flexibility index (Phi) is 3.47. The van der Waals surface area contributed by atoms with Crippen LogP contribution in [0.3, 0.4) is 0 Å². The fourth-order valence-electron chi connectivity index (χ4n) is 1.37. The molecule has 18 heavy (non-hydrogen) atoms. The molecule has 0 atom stereocenters. The van der Waals surface area contributed by atoms with Crippen molar-refractivity contribution in [3.8, 4) is 0 Å². The number of rotatable bonds is 3. The van der Waals surface area contributed by atoms with Gasteiger partial charge in [-0.15, -0.1) is 0 Å². The van der Waals surface area contributed by atoms with Gasteiger partial charge >= 0.3 is 6.18 Å². The zero-order valence-electron chi connectivity index (χ0n) is 8.96. The molecule has 3 nitrogen and oxygen atoms in total. The number of anilines is 1. The highest BCUT2D eigenvalue weighted by Crippen LogP contribution is 2.33. The van der Waals surface area contributed by atoms with Gasteiger partial charge in [0.15, 0.2) is 6.39 Å². The van der Waals surface area contributed by atoms with Gasteiger partial charge in [-0.05, 0) is 18.2 Å². The van der Waals surface area contributed by atoms with Gasteiger partial charge in [0.1, 0.15) is 5.76 Å². The zero-order chi connectivity index (χ0) is 13.2. The molecule has 0 radical (unpaired) electrons. The van der Waals surface area contributed by atoms with Crippen molar-refractivity contribution in [3.05, 3.63) is 47.1 Å². The summed E-state index contributed by atoms with van der Waals surface area (Å²) in [5.41, 5.74) is -0.527. The molecule has 0 saturated heterocycles. The van der Waals surface area contributed by atoms with Crippen molar-refractivity contribution in [2.75, 3.05) is 5.32 Å². The van der Waals surface area contributed by atoms with E-state index in [4.69, 9.17) is 16.0 Å². The van der Waals surface area contributed by atoms with Crippen molar-refractivity contribution >= 4 is 17.3 Å². The molecule has 0 aliphatic rings. The quantitative estimate of drug-likeness (QED) is 0.922. The molecular formula is C11H8ClF3N2O. The van der Waals surface area contributed by atoms with Crippen LogP contribution in [0.1, 0.15) is 11.3 Å². The van der Waals surface area contributed by atoms with E-state index in [1.165, 1.54) is 18.7 Å². The molecule has 1 heterocycles. The van der Waals surface area contributed by atoms with E-state index in [1.54, 1.807) is 0 Å². The fraction of sp³-hybridized carbons (Fsp3) is 0.182. The maximum absolute atomic E-state index is 12.5. The first-order valence-electron chi connectivity index (χ1n) is 4.94. The summed E-state index contributed by atoms with van der Waals surface area (Å²) in [5.74, 6) is 0.517. The maximum Gasteiger partial charge on any atom is 0.416 e. The Morgan fingerprint density at radius 3 is 2.67 bits per heavy atom. The summed E-state index contributed by atoms with van der Waals surface area (Å²) >= 11 is 5.64. The first kappa shape index (κ1) is 12.8. The highest BCUT2D eigenvalue weighted by molar-refractivity contribution is 6.30. The van der Waals surface area contributed by atoms with E-state index in [9.17, 15) is 13.2 Å². The second-order valence-electron chi connectivity index (χ2n) is 3.55. The molecule has 0 spiro atoms. The third-order valence-corrected chi connectivity index (χ3v) is 2.39. The minimum absolute atomic E-state index is 0.0184. The van der Waals surface area contributed by atoms with Crippen LogP contribution in [-0.4, -0.2) is 4.98 Å². The molecule has 0 aliphatic carbocycles. The zero-order valence-corrected chi connectivity index (χ0v) is 9.72. The van der Waals surface area contributed by atoms with Gasteiger partial charge in [-0.1, -0.05) is 11.6 Å². The van der Waals surface area contributed by atoms with E-state index in [1.807, 2.05) is 0 Å². The SMILES string of the molecule is FC(F)(F)c1cc(Cl)cc(NCc2cnco2)c1. The van der Waals surface area contributed by atoms with Crippen LogP contribution in [0, 0.1) is 0 Å². The van der Waals surface area contributed by atoms with Gasteiger partial charge in [0.25, 0.3) is 0 Å². The van der Waals surface area contributed by atoms with Gasteiger partial charge in [-0.2, -0.15) is 13.2 Å². The van der Waals surface area contributed by atoms with Crippen molar-refractivity contribution in [2.24, 2.45) is 0 Å². The third-order valence-electron chi connectivity index (χ3n) is 2.18. The van der Waals surface area contributed by atoms with Gasteiger partial charge in [-0.25, -0.2) is 4.98 Å². The van der Waals surface area contributed by atoms with Gasteiger partial charge in [0, 0.05) is 10.7 Å². The van der Waals surface area contributed by atoms with Gasteiger partial charge in [-0.3, -0.25) is 0 Å². The molecule has 0 saturated carbocycles. The molecule has 0 aliphatic heterocycles. The normalized spacial score (nSPS) is 11.6. The topological polar surface area (TPSA) is 38.1 Å². The molecule has 1 N–H and O–H groups in total. The van der Waals surface area contributed by atoms with E-state index in [0.717, 1.165) is 12.1 Å². The van der Waals surface area contributed by atoms with Crippen LogP contribution in [0.25, 0.3) is 0 Å². The predicted octanol–water partition coefficient (Wildman–Crippen LogP) is 3.96. The monoisotopic (exact) mass is 276 g/mol. The molecule has 0 amide bonds. The Hall–Kier alpha value is -1.69. The summed E-state index contributed by atoms with van der Waals surface area (Å²) in [6.45, 7) is 0.234. The molecule has 1 aromatic carbocycles. The van der Waals surface area contributed by atoms with Crippen LogP contribution in [0.4, 0.5) is 18.9 Å². The lowest BCUT2D eigenvalue weighted by Crippen LogP contribution is -2.06. The number of nitrogens with zero attached hydrogens (tertiary/aromatic N) is 1. The van der Waals surface area contributed by atoms with Crippen LogP contribution in [0.2, 0.25) is 5.02 Å². The van der Waals surface area contributed by atoms with Crippen molar-refractivity contribution in [1.82, 2.24) is 4.98 Å². The van der Waals surface area contributed by atoms with Crippen LogP contribution in [0.5, 0.6) is 0 Å². The number of hydrogen-bond acceptors (Lipinski definition) is 3. The molecule has 0 fully saturated rings. The average Bonchev–Trinajstić information content (AvgIpc) is 2.77. The lowest BCUT2D eigenvalue weighted by Gasteiger charge is -2.10. The number of benzene rings is 1. The molecule has 7 heteroatoms. The van der Waals surface area contributed by atoms with Crippen LogP contribution < -0.4 is 5.32 Å². The van der Waals surface area contributed by atoms with Crippen molar-refractivity contribution < 1.29 is 17.6 Å². The average molecular weight is 277 g/mol. The minimum atomic E-state index is -4.42. The summed E-state index contributed by atoms with van der Waals surface area (Å²) in [6, 6.07) is 3.27. The molecule has 96 valence electrons. The highest BCUT2D eigenvalue weighted by Gasteiger charge is 2.31. The standard InChI is InChI=1S/C11H8ClF3N2O/c12-8-1-7(11(13,14)15)2-9(3-8)17-5-10-4-16-6-18-10/h1-4,6,17H,5H2. The number of hydrogen-bond donors (Lipinski definition) is 1. The van der Waals surface area contributed by atoms with Gasteiger partial charge in [0.05, 0.1) is 18.3 Å². The second-order valence-corrected chi connectivity index (χ2v) is 3.98. The summed E-state index contributed by atoms with van der Waals surface area (Å²) in [5, 5.41) is 2.80. The van der Waals surface area contributed by atoms with E-state index in [0.29, 0.717) is 5.76 Å². The third kappa shape index (κ3) is 3.16. The smallest absolute Gasteiger partial charge is 0.416 e. The van der Waals surface area contributed by atoms with E-state index in [2.05, 4.69) is 10.3 Å². The number of alkyl halides is 3. The molecule has 0 unspecified atom stereocenters. The van der Waals surface area contributed by atoms with E-state index >= 15 is 0 Å². The Morgan fingerprint density at radius 2 is 2.06 bits per heavy atom. The second kappa shape index (κ2) is 4.89. The molecule has 1 aromatic heterocycles. The van der Waals surface area contributed by atoms with E-state index in [-0.39, 0.29) is 17.3 Å². The van der Waals surface area contributed by atoms with Gasteiger partial charge in [0.2, 0.25) is 0 Å². The maximum atomic E-state index is 12.5. The molecule has 0 bridgehead atoms. The first-order chi connectivity index (χ1) is 8.45. The predicted molar refractivity (Wildman–Crippen MR) is 60.3 cm³/mol. The lowest BCUT2D eigenvalue weighted by atomic mass is 10.2. The first-order valence-corrected chi connectivity index (χ1v) is 5.32. The summed E-state index contributed by atoms with van der Waals surface area (Å²) in [7, 11) is 0. The number of nitrogens with one attached hydrogen (secondary N) is 1. The molecule has 2 aromatic rings. The summed E-state index contributed by atoms with van der Waals surface area (Å²) < 4.78 is 42.6. The van der Waals surface area contributed by atoms with Crippen LogP contribution >= 0.6 is 11.6 Å². The Balaban J connectivity index is 2.15. The highest BCUT2D eigenvalue weighted by atomic mass is 35.5. The molecular weight excluding hydrogens is 269 g/mol. The largest absolute Gasteiger partial charge is 0.447 e. The van der Waals surface area contributed by atoms with Crippen LogP contribution in [0.15, 0.2) is 35.2 Å². The van der Waals surface area contributed by atoms with Crippen LogP contribution in [-0.2, 0) is 12.7 Å². The number of halogens is 4. The summed E-state index contributed by atoms with van der Waals surface area (Å²) in [4.78, 5) is 3.70. The Morgan fingerprint density at radius 1 is 1.28 bits per heavy atom. The Labute approximate surface area is 106 Å². The minimum Gasteiger partial charge on any atom is -0.447 e. The molecule has 2 rings (SSSR count).